The number of aliphatic carboxylic acids is 1. The van der Waals surface area contributed by atoms with E-state index in [1.807, 2.05) is 30.3 Å². The number of hydrogen-bond donors (Lipinski definition) is 1. The summed E-state index contributed by atoms with van der Waals surface area (Å²) >= 11 is 0. The van der Waals surface area contributed by atoms with Crippen LogP contribution in [0.4, 0.5) is 0 Å². The highest BCUT2D eigenvalue weighted by Crippen LogP contribution is 2.29. The van der Waals surface area contributed by atoms with E-state index in [2.05, 4.69) is 4.98 Å². The number of methoxy groups -OCH3 is 1. The molecular weight excluding hydrogens is 310 g/mol. The Labute approximate surface area is 138 Å². The minimum atomic E-state index is -1.04. The van der Waals surface area contributed by atoms with E-state index in [1.165, 1.54) is 7.11 Å². The lowest BCUT2D eigenvalue weighted by Crippen LogP contribution is -2.10. The van der Waals surface area contributed by atoms with Crippen molar-refractivity contribution in [1.82, 2.24) is 4.98 Å². The summed E-state index contributed by atoms with van der Waals surface area (Å²) in [5.41, 5.74) is 2.37. The second kappa shape index (κ2) is 6.87. The first-order valence-electron chi connectivity index (χ1n) is 7.22. The molecule has 1 heterocycles. The number of benzene rings is 2. The Bertz CT molecular complexity index is 864. The molecule has 0 amide bonds. The molecule has 0 radical (unpaired) electrons. The quantitative estimate of drug-likeness (QED) is 0.747. The van der Waals surface area contributed by atoms with Crippen molar-refractivity contribution in [2.75, 3.05) is 13.7 Å². The Morgan fingerprint density at radius 2 is 2.04 bits per heavy atom. The number of fused-ring (bicyclic) bond motifs is 1. The van der Waals surface area contributed by atoms with Gasteiger partial charge in [0.2, 0.25) is 5.89 Å². The van der Waals surface area contributed by atoms with E-state index in [1.54, 1.807) is 24.3 Å². The molecule has 1 aromatic heterocycles. The minimum Gasteiger partial charge on any atom is -0.493 e. The molecule has 6 heteroatoms. The molecule has 0 saturated carbocycles. The summed E-state index contributed by atoms with van der Waals surface area (Å²) in [6, 6.07) is 12.7. The molecule has 0 aliphatic heterocycles. The summed E-state index contributed by atoms with van der Waals surface area (Å²) in [4.78, 5) is 14.9. The summed E-state index contributed by atoms with van der Waals surface area (Å²) in [7, 11) is 1.50. The first kappa shape index (κ1) is 15.6. The lowest BCUT2D eigenvalue weighted by Gasteiger charge is -2.09. The topological polar surface area (TPSA) is 81.8 Å². The fraction of sp³-hybridized carbons (Fsp3) is 0.111. The van der Waals surface area contributed by atoms with Crippen LogP contribution in [0, 0.1) is 0 Å². The molecule has 3 aromatic rings. The highest BCUT2D eigenvalue weighted by Gasteiger charge is 2.07. The van der Waals surface area contributed by atoms with Crippen molar-refractivity contribution < 1.29 is 23.8 Å². The standard InChI is InChI=1S/C18H15NO5/c1-22-16-10-12(6-8-15(16)23-11-18(20)21)7-9-17-19-13-4-2-3-5-14(13)24-17/h2-10H,11H2,1H3,(H,20,21). The van der Waals surface area contributed by atoms with Crippen LogP contribution in [0.3, 0.4) is 0 Å². The molecule has 0 aliphatic rings. The van der Waals surface area contributed by atoms with Gasteiger partial charge in [-0.05, 0) is 35.9 Å². The number of hydrogen-bond acceptors (Lipinski definition) is 5. The third-order valence-electron chi connectivity index (χ3n) is 3.27. The van der Waals surface area contributed by atoms with Crippen molar-refractivity contribution in [1.29, 1.82) is 0 Å². The zero-order chi connectivity index (χ0) is 16.9. The number of rotatable bonds is 6. The Hall–Kier alpha value is -3.28. The van der Waals surface area contributed by atoms with Gasteiger partial charge >= 0.3 is 5.97 Å². The fourth-order valence-corrected chi connectivity index (χ4v) is 2.18. The second-order valence-corrected chi connectivity index (χ2v) is 4.95. The third kappa shape index (κ3) is 3.55. The van der Waals surface area contributed by atoms with Crippen molar-refractivity contribution in [3.05, 3.63) is 53.9 Å². The molecule has 0 saturated heterocycles. The maximum Gasteiger partial charge on any atom is 0.341 e. The number of oxazole rings is 1. The van der Waals surface area contributed by atoms with Crippen molar-refractivity contribution in [2.24, 2.45) is 0 Å². The predicted molar refractivity (Wildman–Crippen MR) is 89.1 cm³/mol. The van der Waals surface area contributed by atoms with Gasteiger partial charge in [-0.1, -0.05) is 18.2 Å². The van der Waals surface area contributed by atoms with Crippen molar-refractivity contribution in [3.8, 4) is 11.5 Å². The van der Waals surface area contributed by atoms with Crippen LogP contribution >= 0.6 is 0 Å². The van der Waals surface area contributed by atoms with Gasteiger partial charge in [-0.2, -0.15) is 0 Å². The lowest BCUT2D eigenvalue weighted by molar-refractivity contribution is -0.139. The van der Waals surface area contributed by atoms with Gasteiger partial charge in [-0.15, -0.1) is 0 Å². The van der Waals surface area contributed by atoms with Crippen LogP contribution in [0.1, 0.15) is 11.5 Å². The zero-order valence-corrected chi connectivity index (χ0v) is 12.9. The van der Waals surface area contributed by atoms with Gasteiger partial charge in [-0.3, -0.25) is 0 Å². The summed E-state index contributed by atoms with van der Waals surface area (Å²) in [5.74, 6) is 0.285. The molecule has 2 aromatic carbocycles. The van der Waals surface area contributed by atoms with Crippen LogP contribution in [-0.4, -0.2) is 29.8 Å². The maximum atomic E-state index is 10.6. The van der Waals surface area contributed by atoms with E-state index < -0.39 is 12.6 Å². The van der Waals surface area contributed by atoms with Gasteiger partial charge in [-0.25, -0.2) is 9.78 Å². The first-order valence-corrected chi connectivity index (χ1v) is 7.22. The van der Waals surface area contributed by atoms with Crippen molar-refractivity contribution in [3.63, 3.8) is 0 Å². The van der Waals surface area contributed by atoms with Gasteiger partial charge in [0.05, 0.1) is 7.11 Å². The molecule has 0 aliphatic carbocycles. The molecule has 6 nitrogen and oxygen atoms in total. The van der Waals surface area contributed by atoms with Crippen LogP contribution in [0.5, 0.6) is 11.5 Å². The largest absolute Gasteiger partial charge is 0.493 e. The van der Waals surface area contributed by atoms with Crippen molar-refractivity contribution >= 4 is 29.2 Å². The SMILES string of the molecule is COc1cc(C=Cc2nc3ccccc3o2)ccc1OCC(=O)O. The number of nitrogens with zero attached hydrogens (tertiary/aromatic N) is 1. The number of ether oxygens (including phenoxy) is 2. The Morgan fingerprint density at radius 3 is 2.79 bits per heavy atom. The summed E-state index contributed by atoms with van der Waals surface area (Å²) < 4.78 is 16.0. The maximum absolute atomic E-state index is 10.6. The van der Waals surface area contributed by atoms with E-state index in [0.717, 1.165) is 16.7 Å². The molecule has 1 N–H and O–H groups in total. The van der Waals surface area contributed by atoms with Crippen LogP contribution < -0.4 is 9.47 Å². The molecule has 0 bridgehead atoms. The summed E-state index contributed by atoms with van der Waals surface area (Å²) in [5, 5.41) is 8.67. The number of carbonyl (C=O) groups is 1. The monoisotopic (exact) mass is 325 g/mol. The van der Waals surface area contributed by atoms with E-state index in [9.17, 15) is 4.79 Å². The molecule has 0 fully saturated rings. The fourth-order valence-electron chi connectivity index (χ4n) is 2.18. The van der Waals surface area contributed by atoms with Gasteiger partial charge < -0.3 is 19.0 Å². The molecule has 0 atom stereocenters. The third-order valence-corrected chi connectivity index (χ3v) is 3.27. The van der Waals surface area contributed by atoms with Gasteiger partial charge in [0, 0.05) is 6.08 Å². The number of carboxylic acid groups (broad SMARTS) is 1. The molecule has 122 valence electrons. The zero-order valence-electron chi connectivity index (χ0n) is 12.9. The average molecular weight is 325 g/mol. The predicted octanol–water partition coefficient (Wildman–Crippen LogP) is 3.47. The lowest BCUT2D eigenvalue weighted by atomic mass is 10.2. The Morgan fingerprint density at radius 1 is 1.21 bits per heavy atom. The molecule has 0 unspecified atom stereocenters. The van der Waals surface area contributed by atoms with Crippen molar-refractivity contribution in [2.45, 2.75) is 0 Å². The number of carboxylic acids is 1. The molecule has 3 rings (SSSR count). The van der Waals surface area contributed by atoms with Crippen LogP contribution in [-0.2, 0) is 4.79 Å². The molecular formula is C18H15NO5. The highest BCUT2D eigenvalue weighted by molar-refractivity contribution is 5.76. The normalized spacial score (nSPS) is 11.0. The number of aromatic nitrogens is 1. The van der Waals surface area contributed by atoms with E-state index in [4.69, 9.17) is 19.0 Å². The second-order valence-electron chi connectivity index (χ2n) is 4.95. The molecule has 24 heavy (non-hydrogen) atoms. The average Bonchev–Trinajstić information content (AvgIpc) is 3.01. The summed E-state index contributed by atoms with van der Waals surface area (Å²) in [6.07, 6.45) is 3.58. The van der Waals surface area contributed by atoms with Gasteiger partial charge in [0.25, 0.3) is 0 Å². The Kier molecular flexibility index (Phi) is 4.47. The first-order chi connectivity index (χ1) is 11.7. The van der Waals surface area contributed by atoms with E-state index >= 15 is 0 Å². The van der Waals surface area contributed by atoms with Crippen LogP contribution in [0.15, 0.2) is 46.9 Å². The Balaban J connectivity index is 1.80. The van der Waals surface area contributed by atoms with E-state index in [-0.39, 0.29) is 0 Å². The van der Waals surface area contributed by atoms with Gasteiger partial charge in [0.1, 0.15) is 5.52 Å². The van der Waals surface area contributed by atoms with Crippen LogP contribution in [0.2, 0.25) is 0 Å². The van der Waals surface area contributed by atoms with Gasteiger partial charge in [0.15, 0.2) is 23.7 Å². The van der Waals surface area contributed by atoms with E-state index in [0.29, 0.717) is 17.4 Å². The minimum absolute atomic E-state index is 0.374. The van der Waals surface area contributed by atoms with Crippen LogP contribution in [0.25, 0.3) is 23.3 Å². The smallest absolute Gasteiger partial charge is 0.341 e. The molecule has 0 spiro atoms. The number of para-hydroxylation sites is 2. The summed E-state index contributed by atoms with van der Waals surface area (Å²) in [6.45, 7) is -0.422. The highest BCUT2D eigenvalue weighted by atomic mass is 16.5.